The van der Waals surface area contributed by atoms with Crippen molar-refractivity contribution >= 4 is 49.1 Å². The number of hydrogen-bond acceptors (Lipinski definition) is 3. The maximum absolute atomic E-state index is 11.8. The highest BCUT2D eigenvalue weighted by Crippen LogP contribution is 2.32. The molecule has 1 amide bonds. The zero-order valence-corrected chi connectivity index (χ0v) is 11.7. The van der Waals surface area contributed by atoms with Gasteiger partial charge in [-0.3, -0.25) is 4.79 Å². The van der Waals surface area contributed by atoms with Crippen molar-refractivity contribution in [3.05, 3.63) is 45.2 Å². The Kier molecular flexibility index (Phi) is 3.54. The number of carbonyl (C=O) groups excluding carboxylic acids is 1. The number of nitrogens with two attached hydrogens (primary N) is 1. The Balaban J connectivity index is 2.28. The molecule has 3 N–H and O–H groups in total. The first-order valence-corrected chi connectivity index (χ1v) is 6.26. The Labute approximate surface area is 114 Å². The molecule has 0 saturated heterocycles. The average molecular weight is 360 g/mol. The van der Waals surface area contributed by atoms with Gasteiger partial charge in [-0.1, -0.05) is 15.9 Å². The lowest BCUT2D eigenvalue weighted by Gasteiger charge is -2.09. The van der Waals surface area contributed by atoms with Crippen molar-refractivity contribution in [1.82, 2.24) is 0 Å². The molecule has 17 heavy (non-hydrogen) atoms. The monoisotopic (exact) mass is 358 g/mol. The minimum atomic E-state index is -0.343. The number of rotatable bonds is 2. The van der Waals surface area contributed by atoms with E-state index in [1.807, 2.05) is 0 Å². The van der Waals surface area contributed by atoms with Crippen molar-refractivity contribution in [2.24, 2.45) is 0 Å². The van der Waals surface area contributed by atoms with Crippen molar-refractivity contribution in [2.75, 3.05) is 11.1 Å². The van der Waals surface area contributed by atoms with E-state index in [4.69, 9.17) is 10.2 Å². The summed E-state index contributed by atoms with van der Waals surface area (Å²) in [5.41, 5.74) is 6.81. The molecule has 6 heteroatoms. The van der Waals surface area contributed by atoms with E-state index in [0.29, 0.717) is 15.8 Å². The van der Waals surface area contributed by atoms with E-state index >= 15 is 0 Å². The van der Waals surface area contributed by atoms with Crippen LogP contribution in [0.4, 0.5) is 11.4 Å². The molecular formula is C11H8Br2N2O2. The van der Waals surface area contributed by atoms with Crippen molar-refractivity contribution in [1.29, 1.82) is 0 Å². The number of carbonyl (C=O) groups is 1. The Morgan fingerprint density at radius 2 is 2.12 bits per heavy atom. The van der Waals surface area contributed by atoms with Crippen LogP contribution < -0.4 is 11.1 Å². The summed E-state index contributed by atoms with van der Waals surface area (Å²) in [4.78, 5) is 11.8. The van der Waals surface area contributed by atoms with Crippen LogP contribution in [0.5, 0.6) is 0 Å². The molecule has 2 rings (SSSR count). The van der Waals surface area contributed by atoms with Gasteiger partial charge in [0.15, 0.2) is 5.76 Å². The van der Waals surface area contributed by atoms with E-state index in [1.165, 1.54) is 6.26 Å². The molecule has 4 nitrogen and oxygen atoms in total. The van der Waals surface area contributed by atoms with Gasteiger partial charge in [0, 0.05) is 8.95 Å². The molecule has 0 aliphatic heterocycles. The third kappa shape index (κ3) is 2.70. The first kappa shape index (κ1) is 12.2. The van der Waals surface area contributed by atoms with Gasteiger partial charge < -0.3 is 15.5 Å². The number of amides is 1. The molecule has 0 spiro atoms. The van der Waals surface area contributed by atoms with Crippen LogP contribution in [0.25, 0.3) is 0 Å². The van der Waals surface area contributed by atoms with Crippen LogP contribution in [-0.2, 0) is 0 Å². The summed E-state index contributed by atoms with van der Waals surface area (Å²) in [5, 5.41) is 2.68. The molecule has 0 saturated carbocycles. The second-order valence-electron chi connectivity index (χ2n) is 3.28. The van der Waals surface area contributed by atoms with E-state index in [9.17, 15) is 4.79 Å². The Morgan fingerprint density at radius 1 is 1.35 bits per heavy atom. The van der Waals surface area contributed by atoms with Crippen LogP contribution in [0.1, 0.15) is 10.6 Å². The van der Waals surface area contributed by atoms with Gasteiger partial charge >= 0.3 is 0 Å². The lowest BCUT2D eigenvalue weighted by molar-refractivity contribution is 0.0996. The van der Waals surface area contributed by atoms with E-state index < -0.39 is 0 Å². The second kappa shape index (κ2) is 4.93. The van der Waals surface area contributed by atoms with E-state index in [-0.39, 0.29) is 11.7 Å². The number of furan rings is 1. The lowest BCUT2D eigenvalue weighted by atomic mass is 10.2. The third-order valence-corrected chi connectivity index (χ3v) is 3.15. The van der Waals surface area contributed by atoms with Gasteiger partial charge in [0.25, 0.3) is 5.91 Å². The molecule has 0 unspecified atom stereocenters. The van der Waals surface area contributed by atoms with Crippen LogP contribution in [0.2, 0.25) is 0 Å². The summed E-state index contributed by atoms with van der Waals surface area (Å²) in [6.45, 7) is 0. The summed E-state index contributed by atoms with van der Waals surface area (Å²) in [7, 11) is 0. The smallest absolute Gasteiger partial charge is 0.291 e. The molecule has 88 valence electrons. The molecule has 1 aromatic heterocycles. The second-order valence-corrected chi connectivity index (χ2v) is 5.05. The predicted octanol–water partition coefficient (Wildman–Crippen LogP) is 3.64. The molecular weight excluding hydrogens is 352 g/mol. The normalized spacial score (nSPS) is 10.2. The highest BCUT2D eigenvalue weighted by atomic mass is 79.9. The number of nitrogens with one attached hydrogen (secondary N) is 1. The van der Waals surface area contributed by atoms with E-state index in [0.717, 1.165) is 4.47 Å². The zero-order chi connectivity index (χ0) is 12.4. The van der Waals surface area contributed by atoms with Gasteiger partial charge in [-0.2, -0.15) is 0 Å². The van der Waals surface area contributed by atoms with Crippen LogP contribution in [0, 0.1) is 0 Å². The van der Waals surface area contributed by atoms with Crippen LogP contribution >= 0.6 is 31.9 Å². The quantitative estimate of drug-likeness (QED) is 0.804. The molecule has 1 aromatic carbocycles. The summed E-state index contributed by atoms with van der Waals surface area (Å²) >= 11 is 6.65. The fourth-order valence-corrected chi connectivity index (χ4v) is 2.67. The number of hydrogen-bond donors (Lipinski definition) is 2. The fourth-order valence-electron chi connectivity index (χ4n) is 1.31. The minimum Gasteiger partial charge on any atom is -0.459 e. The van der Waals surface area contributed by atoms with Crippen molar-refractivity contribution in [3.8, 4) is 0 Å². The standard InChI is InChI=1S/C11H8Br2N2O2/c12-6-4-7(13)10(8(14)5-6)15-11(16)9-2-1-3-17-9/h1-5H,14H2,(H,15,16). The SMILES string of the molecule is Nc1cc(Br)cc(Br)c1NC(=O)c1ccco1. The van der Waals surface area contributed by atoms with Gasteiger partial charge in [0.1, 0.15) is 0 Å². The number of nitrogen functional groups attached to an aromatic ring is 1. The third-order valence-electron chi connectivity index (χ3n) is 2.07. The number of anilines is 2. The number of halogens is 2. The summed E-state index contributed by atoms with van der Waals surface area (Å²) in [6, 6.07) is 6.74. The van der Waals surface area contributed by atoms with Crippen molar-refractivity contribution in [2.45, 2.75) is 0 Å². The first-order valence-electron chi connectivity index (χ1n) is 4.67. The van der Waals surface area contributed by atoms with Gasteiger partial charge in [-0.15, -0.1) is 0 Å². The van der Waals surface area contributed by atoms with Gasteiger partial charge in [0.05, 0.1) is 17.6 Å². The van der Waals surface area contributed by atoms with Crippen LogP contribution in [0.15, 0.2) is 43.9 Å². The average Bonchev–Trinajstić information content (AvgIpc) is 2.76. The predicted molar refractivity (Wildman–Crippen MR) is 72.9 cm³/mol. The molecule has 0 aliphatic carbocycles. The molecule has 0 bridgehead atoms. The highest BCUT2D eigenvalue weighted by molar-refractivity contribution is 9.11. The topological polar surface area (TPSA) is 68.3 Å². The zero-order valence-electron chi connectivity index (χ0n) is 8.54. The summed E-state index contributed by atoms with van der Waals surface area (Å²) in [6.07, 6.45) is 1.44. The maximum Gasteiger partial charge on any atom is 0.291 e. The first-order chi connectivity index (χ1) is 8.08. The molecule has 0 radical (unpaired) electrons. The molecule has 1 heterocycles. The summed E-state index contributed by atoms with van der Waals surface area (Å²) in [5.74, 6) is -0.107. The molecule has 2 aromatic rings. The van der Waals surface area contributed by atoms with Gasteiger partial charge in [-0.25, -0.2) is 0 Å². The Hall–Kier alpha value is -1.27. The Morgan fingerprint density at radius 3 is 2.71 bits per heavy atom. The Bertz CT molecular complexity index is 530. The minimum absolute atomic E-state index is 0.235. The van der Waals surface area contributed by atoms with Gasteiger partial charge in [0.2, 0.25) is 0 Å². The summed E-state index contributed by atoms with van der Waals surface area (Å²) < 4.78 is 6.52. The molecule has 0 atom stereocenters. The van der Waals surface area contributed by atoms with Crippen LogP contribution in [0.3, 0.4) is 0 Å². The fraction of sp³-hybridized carbons (Fsp3) is 0. The highest BCUT2D eigenvalue weighted by Gasteiger charge is 2.13. The van der Waals surface area contributed by atoms with E-state index in [1.54, 1.807) is 24.3 Å². The number of benzene rings is 1. The van der Waals surface area contributed by atoms with E-state index in [2.05, 4.69) is 37.2 Å². The molecule has 0 fully saturated rings. The molecule has 0 aliphatic rings. The van der Waals surface area contributed by atoms with Crippen molar-refractivity contribution in [3.63, 3.8) is 0 Å². The van der Waals surface area contributed by atoms with Gasteiger partial charge in [-0.05, 0) is 40.2 Å². The van der Waals surface area contributed by atoms with Crippen LogP contribution in [-0.4, -0.2) is 5.91 Å². The maximum atomic E-state index is 11.8. The largest absolute Gasteiger partial charge is 0.459 e. The van der Waals surface area contributed by atoms with Crippen molar-refractivity contribution < 1.29 is 9.21 Å². The lowest BCUT2D eigenvalue weighted by Crippen LogP contribution is -2.12.